The third-order valence-electron chi connectivity index (χ3n) is 3.80. The van der Waals surface area contributed by atoms with Gasteiger partial charge < -0.3 is 16.4 Å². The van der Waals surface area contributed by atoms with Crippen molar-refractivity contribution in [2.24, 2.45) is 5.73 Å². The highest BCUT2D eigenvalue weighted by Gasteiger charge is 2.36. The van der Waals surface area contributed by atoms with Crippen molar-refractivity contribution in [2.75, 3.05) is 11.9 Å². The van der Waals surface area contributed by atoms with Gasteiger partial charge in [-0.1, -0.05) is 28.8 Å². The van der Waals surface area contributed by atoms with Gasteiger partial charge in [0.25, 0.3) is 0 Å². The Labute approximate surface area is 132 Å². The highest BCUT2D eigenvalue weighted by molar-refractivity contribution is 9.10. The zero-order valence-electron chi connectivity index (χ0n) is 12.0. The van der Waals surface area contributed by atoms with Gasteiger partial charge in [0.15, 0.2) is 0 Å². The average molecular weight is 354 g/mol. The lowest BCUT2D eigenvalue weighted by atomic mass is 9.98. The van der Waals surface area contributed by atoms with Gasteiger partial charge in [0.1, 0.15) is 0 Å². The van der Waals surface area contributed by atoms with E-state index in [4.69, 9.17) is 5.73 Å². The third kappa shape index (κ3) is 4.04. The number of anilines is 1. The summed E-state index contributed by atoms with van der Waals surface area (Å²) in [4.78, 5) is 23.9. The predicted octanol–water partition coefficient (Wildman–Crippen LogP) is 2.08. The Bertz CT molecular complexity index is 554. The van der Waals surface area contributed by atoms with Crippen LogP contribution < -0.4 is 16.4 Å². The number of aryl methyl sites for hydroxylation is 1. The van der Waals surface area contributed by atoms with E-state index < -0.39 is 5.54 Å². The molecule has 1 aliphatic rings. The van der Waals surface area contributed by atoms with Crippen LogP contribution in [0, 0.1) is 6.92 Å². The van der Waals surface area contributed by atoms with Gasteiger partial charge >= 0.3 is 0 Å². The van der Waals surface area contributed by atoms with Crippen LogP contribution in [-0.4, -0.2) is 23.9 Å². The fourth-order valence-corrected chi connectivity index (χ4v) is 2.74. The molecule has 0 aliphatic heterocycles. The van der Waals surface area contributed by atoms with E-state index in [1.54, 1.807) is 6.07 Å². The zero-order chi connectivity index (χ0) is 15.5. The summed E-state index contributed by atoms with van der Waals surface area (Å²) in [6, 6.07) is 5.54. The van der Waals surface area contributed by atoms with E-state index in [-0.39, 0.29) is 18.4 Å². The highest BCUT2D eigenvalue weighted by Crippen LogP contribution is 2.27. The Morgan fingerprint density at radius 3 is 2.62 bits per heavy atom. The summed E-state index contributed by atoms with van der Waals surface area (Å²) in [5.74, 6) is -0.492. The minimum atomic E-state index is -0.797. The van der Waals surface area contributed by atoms with Gasteiger partial charge in [-0.05, 0) is 43.5 Å². The maximum absolute atomic E-state index is 12.0. The van der Waals surface area contributed by atoms with E-state index in [9.17, 15) is 9.59 Å². The summed E-state index contributed by atoms with van der Waals surface area (Å²) in [5, 5.41) is 5.38. The van der Waals surface area contributed by atoms with Crippen LogP contribution in [0.15, 0.2) is 22.7 Å². The number of benzene rings is 1. The van der Waals surface area contributed by atoms with E-state index in [1.807, 2.05) is 19.1 Å². The van der Waals surface area contributed by atoms with E-state index in [2.05, 4.69) is 26.6 Å². The molecule has 0 radical (unpaired) electrons. The van der Waals surface area contributed by atoms with Gasteiger partial charge in [0.05, 0.1) is 12.1 Å². The number of carbonyl (C=O) groups excluding carboxylic acids is 2. The molecule has 1 aromatic rings. The molecule has 1 aliphatic carbocycles. The first-order chi connectivity index (χ1) is 9.90. The third-order valence-corrected chi connectivity index (χ3v) is 4.69. The van der Waals surface area contributed by atoms with Crippen LogP contribution in [0.4, 0.5) is 5.69 Å². The molecule has 1 saturated carbocycles. The molecule has 1 aromatic carbocycles. The van der Waals surface area contributed by atoms with E-state index in [1.165, 1.54) is 0 Å². The fraction of sp³-hybridized carbons (Fsp3) is 0.467. The van der Waals surface area contributed by atoms with Gasteiger partial charge in [0.2, 0.25) is 11.8 Å². The van der Waals surface area contributed by atoms with Crippen LogP contribution in [0.3, 0.4) is 0 Å². The Kier molecular flexibility index (Phi) is 5.00. The molecule has 2 rings (SSSR count). The molecule has 0 saturated heterocycles. The molecular formula is C15H20BrN3O2. The summed E-state index contributed by atoms with van der Waals surface area (Å²) in [6.07, 6.45) is 3.31. The summed E-state index contributed by atoms with van der Waals surface area (Å²) in [5.41, 5.74) is 6.97. The molecule has 2 amide bonds. The number of hydrogen-bond acceptors (Lipinski definition) is 3. The Balaban J connectivity index is 1.84. The highest BCUT2D eigenvalue weighted by atomic mass is 79.9. The minimum Gasteiger partial charge on any atom is -0.345 e. The van der Waals surface area contributed by atoms with Crippen molar-refractivity contribution >= 4 is 33.4 Å². The Hall–Kier alpha value is -1.40. The van der Waals surface area contributed by atoms with Crippen molar-refractivity contribution in [2.45, 2.75) is 38.1 Å². The zero-order valence-corrected chi connectivity index (χ0v) is 13.6. The molecule has 4 N–H and O–H groups in total. The van der Waals surface area contributed by atoms with Crippen molar-refractivity contribution in [3.05, 3.63) is 28.2 Å². The van der Waals surface area contributed by atoms with Crippen molar-refractivity contribution < 1.29 is 9.59 Å². The number of nitrogens with two attached hydrogens (primary N) is 1. The van der Waals surface area contributed by atoms with Crippen molar-refractivity contribution in [1.82, 2.24) is 5.32 Å². The molecule has 0 atom stereocenters. The second kappa shape index (κ2) is 6.58. The number of carbonyl (C=O) groups is 2. The van der Waals surface area contributed by atoms with Crippen molar-refractivity contribution in [1.29, 1.82) is 0 Å². The molecule has 0 heterocycles. The summed E-state index contributed by atoms with van der Waals surface area (Å²) in [7, 11) is 0. The second-order valence-electron chi connectivity index (χ2n) is 5.56. The van der Waals surface area contributed by atoms with Gasteiger partial charge in [-0.2, -0.15) is 0 Å². The van der Waals surface area contributed by atoms with E-state index >= 15 is 0 Å². The van der Waals surface area contributed by atoms with Crippen molar-refractivity contribution in [3.8, 4) is 0 Å². The molecule has 0 bridgehead atoms. The molecular weight excluding hydrogens is 334 g/mol. The van der Waals surface area contributed by atoms with Gasteiger partial charge in [0, 0.05) is 10.2 Å². The van der Waals surface area contributed by atoms with Crippen molar-refractivity contribution in [3.63, 3.8) is 0 Å². The predicted molar refractivity (Wildman–Crippen MR) is 85.9 cm³/mol. The molecule has 5 nitrogen and oxygen atoms in total. The first-order valence-electron chi connectivity index (χ1n) is 7.04. The monoisotopic (exact) mass is 353 g/mol. The van der Waals surface area contributed by atoms with Gasteiger partial charge in [-0.3, -0.25) is 9.59 Å². The minimum absolute atomic E-state index is 0.0626. The van der Waals surface area contributed by atoms with E-state index in [0.717, 1.165) is 22.9 Å². The fourth-order valence-electron chi connectivity index (χ4n) is 2.50. The average Bonchev–Trinajstić information content (AvgIpc) is 2.88. The lowest BCUT2D eigenvalue weighted by molar-refractivity contribution is -0.128. The van der Waals surface area contributed by atoms with Crippen LogP contribution in [0.5, 0.6) is 0 Å². The van der Waals surface area contributed by atoms with Crippen LogP contribution >= 0.6 is 15.9 Å². The maximum Gasteiger partial charge on any atom is 0.243 e. The van der Waals surface area contributed by atoms with Gasteiger partial charge in [-0.15, -0.1) is 0 Å². The normalized spacial score (nSPS) is 16.5. The standard InChI is InChI=1S/C15H20BrN3O2/c1-10-8-11(4-5-12(10)16)19-13(20)9-18-14(21)15(17)6-2-3-7-15/h4-5,8H,2-3,6-7,9,17H2,1H3,(H,18,21)(H,19,20). The van der Waals surface area contributed by atoms with Crippen LogP contribution in [0.1, 0.15) is 31.2 Å². The van der Waals surface area contributed by atoms with Crippen LogP contribution in [0.25, 0.3) is 0 Å². The largest absolute Gasteiger partial charge is 0.345 e. The molecule has 0 spiro atoms. The summed E-state index contributed by atoms with van der Waals surface area (Å²) >= 11 is 3.41. The van der Waals surface area contributed by atoms with Gasteiger partial charge in [-0.25, -0.2) is 0 Å². The number of hydrogen-bond donors (Lipinski definition) is 3. The number of rotatable bonds is 4. The van der Waals surface area contributed by atoms with Crippen LogP contribution in [-0.2, 0) is 9.59 Å². The quantitative estimate of drug-likeness (QED) is 0.774. The lowest BCUT2D eigenvalue weighted by Crippen LogP contribution is -2.53. The Morgan fingerprint density at radius 1 is 1.33 bits per heavy atom. The van der Waals surface area contributed by atoms with E-state index in [0.29, 0.717) is 18.5 Å². The topological polar surface area (TPSA) is 84.2 Å². The molecule has 0 aromatic heterocycles. The first-order valence-corrected chi connectivity index (χ1v) is 7.83. The molecule has 1 fully saturated rings. The lowest BCUT2D eigenvalue weighted by Gasteiger charge is -2.22. The maximum atomic E-state index is 12.0. The smallest absolute Gasteiger partial charge is 0.243 e. The molecule has 0 unspecified atom stereocenters. The number of nitrogens with one attached hydrogen (secondary N) is 2. The number of amides is 2. The first kappa shape index (κ1) is 16.0. The number of halogens is 1. The SMILES string of the molecule is Cc1cc(NC(=O)CNC(=O)C2(N)CCCC2)ccc1Br. The summed E-state index contributed by atoms with van der Waals surface area (Å²) in [6.45, 7) is 1.88. The molecule has 21 heavy (non-hydrogen) atoms. The molecule has 114 valence electrons. The molecule has 6 heteroatoms. The summed E-state index contributed by atoms with van der Waals surface area (Å²) < 4.78 is 0.986. The second-order valence-corrected chi connectivity index (χ2v) is 6.41. The van der Waals surface area contributed by atoms with Crippen LogP contribution in [0.2, 0.25) is 0 Å². The Morgan fingerprint density at radius 2 is 2.00 bits per heavy atom.